The third-order valence-corrected chi connectivity index (χ3v) is 5.23. The highest BCUT2D eigenvalue weighted by molar-refractivity contribution is 7.87. The standard InChI is InChI=1S/C18H33NO8S/c1-3-4-5-6-7-8-9-10-11-12-16(20)19-14(2)27-18(23)15(13-17(21)22)28(24,25)26/h14-15H,3-13H2,1-2H3,(H,19,20)(H,21,22)(H,24,25,26). The van der Waals surface area contributed by atoms with E-state index in [1.54, 1.807) is 0 Å². The van der Waals surface area contributed by atoms with E-state index < -0.39 is 40.0 Å². The fraction of sp³-hybridized carbons (Fsp3) is 0.833. The number of carbonyl (C=O) groups excluding carboxylic acids is 2. The number of hydrogen-bond acceptors (Lipinski definition) is 6. The van der Waals surface area contributed by atoms with E-state index in [1.165, 1.54) is 39.0 Å². The van der Waals surface area contributed by atoms with E-state index in [2.05, 4.69) is 12.2 Å². The number of carbonyl (C=O) groups is 3. The molecule has 0 aromatic rings. The van der Waals surface area contributed by atoms with E-state index in [4.69, 9.17) is 14.4 Å². The van der Waals surface area contributed by atoms with E-state index in [9.17, 15) is 22.8 Å². The molecule has 0 heterocycles. The first-order chi connectivity index (χ1) is 13.1. The van der Waals surface area contributed by atoms with Crippen LogP contribution in [0.4, 0.5) is 0 Å². The molecule has 2 unspecified atom stereocenters. The normalized spacial score (nSPS) is 13.5. The van der Waals surface area contributed by atoms with Gasteiger partial charge in [-0.3, -0.25) is 18.9 Å². The number of esters is 1. The highest BCUT2D eigenvalue weighted by Crippen LogP contribution is 2.11. The average molecular weight is 424 g/mol. The number of ether oxygens (including phenoxy) is 1. The van der Waals surface area contributed by atoms with Gasteiger partial charge in [-0.15, -0.1) is 0 Å². The van der Waals surface area contributed by atoms with Gasteiger partial charge in [-0.1, -0.05) is 58.3 Å². The lowest BCUT2D eigenvalue weighted by Gasteiger charge is -2.17. The molecule has 28 heavy (non-hydrogen) atoms. The SMILES string of the molecule is CCCCCCCCCCCC(=O)NC(C)OC(=O)C(CC(=O)O)S(=O)(=O)O. The molecule has 0 aliphatic carbocycles. The average Bonchev–Trinajstić information content (AvgIpc) is 2.56. The monoisotopic (exact) mass is 423 g/mol. The van der Waals surface area contributed by atoms with Crippen molar-refractivity contribution in [2.75, 3.05) is 0 Å². The molecule has 2 atom stereocenters. The summed E-state index contributed by atoms with van der Waals surface area (Å²) < 4.78 is 35.9. The van der Waals surface area contributed by atoms with Crippen LogP contribution in [0, 0.1) is 0 Å². The first-order valence-electron chi connectivity index (χ1n) is 9.75. The Morgan fingerprint density at radius 1 is 0.964 bits per heavy atom. The quantitative estimate of drug-likeness (QED) is 0.149. The van der Waals surface area contributed by atoms with Gasteiger partial charge >= 0.3 is 11.9 Å². The lowest BCUT2D eigenvalue weighted by molar-refractivity contribution is -0.153. The molecule has 0 rings (SSSR count). The summed E-state index contributed by atoms with van der Waals surface area (Å²) in [5.41, 5.74) is 0. The maximum atomic E-state index is 11.8. The van der Waals surface area contributed by atoms with Crippen LogP contribution in [0.1, 0.15) is 84.5 Å². The van der Waals surface area contributed by atoms with E-state index in [0.29, 0.717) is 6.42 Å². The molecule has 9 nitrogen and oxygen atoms in total. The Hall–Kier alpha value is -1.68. The molecule has 0 saturated carbocycles. The Morgan fingerprint density at radius 3 is 1.93 bits per heavy atom. The van der Waals surface area contributed by atoms with Crippen LogP contribution >= 0.6 is 0 Å². The highest BCUT2D eigenvalue weighted by atomic mass is 32.2. The molecule has 0 aliphatic heterocycles. The van der Waals surface area contributed by atoms with Gasteiger partial charge in [0, 0.05) is 6.42 Å². The Balaban J connectivity index is 4.07. The summed E-state index contributed by atoms with van der Waals surface area (Å²) in [6.45, 7) is 3.49. The lowest BCUT2D eigenvalue weighted by atomic mass is 10.1. The largest absolute Gasteiger partial charge is 0.481 e. The first kappa shape index (κ1) is 26.3. The topological polar surface area (TPSA) is 147 Å². The summed E-state index contributed by atoms with van der Waals surface area (Å²) in [6, 6.07) is 0. The third kappa shape index (κ3) is 13.5. The number of unbranched alkanes of at least 4 members (excludes halogenated alkanes) is 8. The first-order valence-corrected chi connectivity index (χ1v) is 11.3. The van der Waals surface area contributed by atoms with Gasteiger partial charge in [-0.05, 0) is 13.3 Å². The number of rotatable bonds is 16. The summed E-state index contributed by atoms with van der Waals surface area (Å²) in [5.74, 6) is -3.37. The molecule has 0 bridgehead atoms. The number of carboxylic acids is 1. The maximum absolute atomic E-state index is 11.8. The number of hydrogen-bond donors (Lipinski definition) is 3. The Morgan fingerprint density at radius 2 is 1.46 bits per heavy atom. The molecule has 1 amide bonds. The highest BCUT2D eigenvalue weighted by Gasteiger charge is 2.36. The van der Waals surface area contributed by atoms with Gasteiger partial charge < -0.3 is 15.2 Å². The molecule has 0 spiro atoms. The zero-order valence-corrected chi connectivity index (χ0v) is 17.5. The summed E-state index contributed by atoms with van der Waals surface area (Å²) in [4.78, 5) is 34.2. The zero-order valence-electron chi connectivity index (χ0n) is 16.7. The molecule has 0 aromatic carbocycles. The van der Waals surface area contributed by atoms with E-state index >= 15 is 0 Å². The molecular weight excluding hydrogens is 390 g/mol. The van der Waals surface area contributed by atoms with Crippen LogP contribution < -0.4 is 5.32 Å². The fourth-order valence-electron chi connectivity index (χ4n) is 2.64. The van der Waals surface area contributed by atoms with Crippen molar-refractivity contribution in [1.82, 2.24) is 5.32 Å². The number of carboxylic acid groups (broad SMARTS) is 1. The maximum Gasteiger partial charge on any atom is 0.329 e. The molecule has 0 aromatic heterocycles. The van der Waals surface area contributed by atoms with Crippen LogP contribution in [0.15, 0.2) is 0 Å². The van der Waals surface area contributed by atoms with Crippen molar-refractivity contribution in [3.8, 4) is 0 Å². The van der Waals surface area contributed by atoms with Crippen molar-refractivity contribution in [3.63, 3.8) is 0 Å². The number of nitrogens with one attached hydrogen (secondary N) is 1. The number of aliphatic carboxylic acids is 1. The van der Waals surface area contributed by atoms with Gasteiger partial charge in [0.05, 0.1) is 6.42 Å². The van der Waals surface area contributed by atoms with Crippen LogP contribution in [-0.2, 0) is 29.2 Å². The van der Waals surface area contributed by atoms with Crippen molar-refractivity contribution in [2.45, 2.75) is 96.0 Å². The molecule has 10 heteroatoms. The summed E-state index contributed by atoms with van der Waals surface area (Å²) in [5, 5.41) is 8.79. The van der Waals surface area contributed by atoms with Crippen molar-refractivity contribution < 1.29 is 37.2 Å². The minimum absolute atomic E-state index is 0.245. The zero-order chi connectivity index (χ0) is 21.6. The van der Waals surface area contributed by atoms with Crippen molar-refractivity contribution in [3.05, 3.63) is 0 Å². The fourth-order valence-corrected chi connectivity index (χ4v) is 3.30. The molecule has 3 N–H and O–H groups in total. The smallest absolute Gasteiger partial charge is 0.329 e. The second-order valence-corrected chi connectivity index (χ2v) is 8.43. The predicted octanol–water partition coefficient (Wildman–Crippen LogP) is 2.64. The van der Waals surface area contributed by atoms with Gasteiger partial charge in [-0.2, -0.15) is 8.42 Å². The molecule has 0 aliphatic rings. The number of amides is 1. The minimum atomic E-state index is -4.93. The predicted molar refractivity (Wildman–Crippen MR) is 103 cm³/mol. The molecule has 0 radical (unpaired) electrons. The van der Waals surface area contributed by atoms with Crippen LogP contribution in [0.3, 0.4) is 0 Å². The Labute approximate surface area is 167 Å². The molecule has 164 valence electrons. The van der Waals surface area contributed by atoms with Crippen LogP contribution in [0.2, 0.25) is 0 Å². The summed E-state index contributed by atoms with van der Waals surface area (Å²) >= 11 is 0. The van der Waals surface area contributed by atoms with Gasteiger partial charge in [0.2, 0.25) is 5.91 Å². The van der Waals surface area contributed by atoms with Gasteiger partial charge in [0.15, 0.2) is 11.5 Å². The molecule has 0 fully saturated rings. The second kappa shape index (κ2) is 14.3. The van der Waals surface area contributed by atoms with Gasteiger partial charge in [0.1, 0.15) is 0 Å². The minimum Gasteiger partial charge on any atom is -0.481 e. The lowest BCUT2D eigenvalue weighted by Crippen LogP contribution is -2.41. The van der Waals surface area contributed by atoms with Crippen molar-refractivity contribution >= 4 is 28.0 Å². The van der Waals surface area contributed by atoms with Crippen molar-refractivity contribution in [2.24, 2.45) is 0 Å². The van der Waals surface area contributed by atoms with Crippen LogP contribution in [0.5, 0.6) is 0 Å². The van der Waals surface area contributed by atoms with E-state index in [-0.39, 0.29) is 12.3 Å². The summed E-state index contributed by atoms with van der Waals surface area (Å²) in [6.07, 6.45) is 7.96. The van der Waals surface area contributed by atoms with Crippen molar-refractivity contribution in [1.29, 1.82) is 0 Å². The Bertz CT molecular complexity index is 590. The van der Waals surface area contributed by atoms with E-state index in [1.807, 2.05) is 0 Å². The van der Waals surface area contributed by atoms with Crippen LogP contribution in [-0.4, -0.2) is 47.4 Å². The second-order valence-electron chi connectivity index (χ2n) is 6.83. The molecular formula is C18H33NO8S. The van der Waals surface area contributed by atoms with E-state index in [0.717, 1.165) is 19.3 Å². The van der Waals surface area contributed by atoms with Crippen LogP contribution in [0.25, 0.3) is 0 Å². The van der Waals surface area contributed by atoms with Gasteiger partial charge in [-0.25, -0.2) is 0 Å². The third-order valence-electron chi connectivity index (χ3n) is 4.15. The van der Waals surface area contributed by atoms with Gasteiger partial charge in [0.25, 0.3) is 10.1 Å². The Kier molecular flexibility index (Phi) is 13.5. The molecule has 0 saturated heterocycles. The summed E-state index contributed by atoms with van der Waals surface area (Å²) in [7, 11) is -4.93.